The lowest BCUT2D eigenvalue weighted by molar-refractivity contribution is 0.643. The molecule has 1 aliphatic rings. The van der Waals surface area contributed by atoms with Gasteiger partial charge in [0.05, 0.1) is 0 Å². The molecule has 1 aliphatic heterocycles. The molecule has 0 unspecified atom stereocenters. The van der Waals surface area contributed by atoms with Gasteiger partial charge < -0.3 is 5.32 Å². The van der Waals surface area contributed by atoms with E-state index in [1.54, 1.807) is 0 Å². The second-order valence-electron chi connectivity index (χ2n) is 3.30. The van der Waals surface area contributed by atoms with E-state index in [2.05, 4.69) is 40.3 Å². The Kier molecular flexibility index (Phi) is 2.20. The largest absolute Gasteiger partial charge is 0.312 e. The van der Waals surface area contributed by atoms with Crippen LogP contribution in [-0.2, 0) is 13.0 Å². The smallest absolute Gasteiger partial charge is 0.0208 e. The normalized spacial score (nSPS) is 15.8. The van der Waals surface area contributed by atoms with Gasteiger partial charge in [0.2, 0.25) is 0 Å². The summed E-state index contributed by atoms with van der Waals surface area (Å²) in [5.41, 5.74) is 4.28. The predicted molar refractivity (Wildman–Crippen MR) is 54.3 cm³/mol. The van der Waals surface area contributed by atoms with Crippen LogP contribution in [-0.4, -0.2) is 6.54 Å². The van der Waals surface area contributed by atoms with Crippen molar-refractivity contribution in [1.82, 2.24) is 5.32 Å². The van der Waals surface area contributed by atoms with Gasteiger partial charge in [0.1, 0.15) is 0 Å². The van der Waals surface area contributed by atoms with Crippen LogP contribution in [0.2, 0.25) is 0 Å². The van der Waals surface area contributed by atoms with Gasteiger partial charge >= 0.3 is 0 Å². The molecular weight excluding hydrogens is 214 g/mol. The van der Waals surface area contributed by atoms with Gasteiger partial charge in [-0.1, -0.05) is 22.0 Å². The molecule has 0 saturated heterocycles. The van der Waals surface area contributed by atoms with Gasteiger partial charge in [-0.25, -0.2) is 0 Å². The quantitative estimate of drug-likeness (QED) is 0.716. The molecular formula is C10H12BrN. The van der Waals surface area contributed by atoms with E-state index in [4.69, 9.17) is 0 Å². The highest BCUT2D eigenvalue weighted by Crippen LogP contribution is 2.23. The number of benzene rings is 1. The summed E-state index contributed by atoms with van der Waals surface area (Å²) >= 11 is 3.55. The highest BCUT2D eigenvalue weighted by Gasteiger charge is 2.09. The van der Waals surface area contributed by atoms with Crippen LogP contribution in [0, 0.1) is 6.92 Å². The van der Waals surface area contributed by atoms with Crippen molar-refractivity contribution in [2.45, 2.75) is 19.9 Å². The van der Waals surface area contributed by atoms with Crippen LogP contribution in [0.3, 0.4) is 0 Å². The third-order valence-electron chi connectivity index (χ3n) is 2.37. The monoisotopic (exact) mass is 225 g/mol. The van der Waals surface area contributed by atoms with Crippen molar-refractivity contribution < 1.29 is 0 Å². The molecule has 1 aromatic rings. The second-order valence-corrected chi connectivity index (χ2v) is 4.15. The molecule has 0 aromatic heterocycles. The van der Waals surface area contributed by atoms with Gasteiger partial charge in [0.25, 0.3) is 0 Å². The fourth-order valence-electron chi connectivity index (χ4n) is 1.63. The van der Waals surface area contributed by atoms with E-state index < -0.39 is 0 Å². The SMILES string of the molecule is Cc1cc2c(cc1Br)CCNC2. The molecule has 0 atom stereocenters. The topological polar surface area (TPSA) is 12.0 Å². The van der Waals surface area contributed by atoms with Crippen molar-refractivity contribution in [2.24, 2.45) is 0 Å². The first-order valence-electron chi connectivity index (χ1n) is 4.26. The minimum atomic E-state index is 1.03. The van der Waals surface area contributed by atoms with E-state index >= 15 is 0 Å². The van der Waals surface area contributed by atoms with Gasteiger partial charge in [0, 0.05) is 11.0 Å². The van der Waals surface area contributed by atoms with E-state index in [0.717, 1.165) is 19.5 Å². The highest BCUT2D eigenvalue weighted by molar-refractivity contribution is 9.10. The summed E-state index contributed by atoms with van der Waals surface area (Å²) in [7, 11) is 0. The Balaban J connectivity index is 2.49. The summed E-state index contributed by atoms with van der Waals surface area (Å²) in [5.74, 6) is 0. The zero-order chi connectivity index (χ0) is 8.55. The zero-order valence-electron chi connectivity index (χ0n) is 7.15. The molecule has 0 spiro atoms. The maximum Gasteiger partial charge on any atom is 0.0208 e. The Morgan fingerprint density at radius 1 is 1.33 bits per heavy atom. The third kappa shape index (κ3) is 1.41. The summed E-state index contributed by atoms with van der Waals surface area (Å²) in [6.07, 6.45) is 1.16. The summed E-state index contributed by atoms with van der Waals surface area (Å²) in [6.45, 7) is 4.28. The molecule has 0 bridgehead atoms. The van der Waals surface area contributed by atoms with Crippen LogP contribution in [0.4, 0.5) is 0 Å². The Morgan fingerprint density at radius 3 is 3.00 bits per heavy atom. The molecule has 64 valence electrons. The standard InChI is InChI=1S/C10H12BrN/c1-7-4-9-6-12-3-2-8(9)5-10(7)11/h4-5,12H,2-3,6H2,1H3. The Bertz CT molecular complexity index is 276. The van der Waals surface area contributed by atoms with Crippen molar-refractivity contribution in [1.29, 1.82) is 0 Å². The second kappa shape index (κ2) is 3.19. The lowest BCUT2D eigenvalue weighted by atomic mass is 9.99. The molecule has 1 aromatic carbocycles. The van der Waals surface area contributed by atoms with Crippen LogP contribution in [0.1, 0.15) is 16.7 Å². The molecule has 0 aliphatic carbocycles. The van der Waals surface area contributed by atoms with Crippen molar-refractivity contribution in [3.63, 3.8) is 0 Å². The molecule has 1 nitrogen and oxygen atoms in total. The minimum Gasteiger partial charge on any atom is -0.312 e. The molecule has 0 fully saturated rings. The van der Waals surface area contributed by atoms with Gasteiger partial charge in [-0.2, -0.15) is 0 Å². The first-order valence-corrected chi connectivity index (χ1v) is 5.05. The van der Waals surface area contributed by atoms with Crippen LogP contribution in [0.15, 0.2) is 16.6 Å². The summed E-state index contributed by atoms with van der Waals surface area (Å²) < 4.78 is 1.24. The van der Waals surface area contributed by atoms with Gasteiger partial charge in [-0.15, -0.1) is 0 Å². The van der Waals surface area contributed by atoms with E-state index in [-0.39, 0.29) is 0 Å². The fourth-order valence-corrected chi connectivity index (χ4v) is 2.02. The van der Waals surface area contributed by atoms with Gasteiger partial charge in [0.15, 0.2) is 0 Å². The van der Waals surface area contributed by atoms with E-state index in [0.29, 0.717) is 0 Å². The first-order chi connectivity index (χ1) is 5.77. The number of halogens is 1. The van der Waals surface area contributed by atoms with Crippen molar-refractivity contribution in [3.8, 4) is 0 Å². The Morgan fingerprint density at radius 2 is 2.17 bits per heavy atom. The summed E-state index contributed by atoms with van der Waals surface area (Å²) in [5, 5.41) is 3.37. The molecule has 2 rings (SSSR count). The van der Waals surface area contributed by atoms with Crippen molar-refractivity contribution in [3.05, 3.63) is 33.3 Å². The summed E-state index contributed by atoms with van der Waals surface area (Å²) in [6, 6.07) is 4.52. The van der Waals surface area contributed by atoms with E-state index in [1.807, 2.05) is 0 Å². The number of hydrogen-bond donors (Lipinski definition) is 1. The Labute approximate surface area is 81.3 Å². The number of rotatable bonds is 0. The highest BCUT2D eigenvalue weighted by atomic mass is 79.9. The number of aryl methyl sites for hydroxylation is 1. The zero-order valence-corrected chi connectivity index (χ0v) is 8.74. The van der Waals surface area contributed by atoms with Crippen molar-refractivity contribution >= 4 is 15.9 Å². The van der Waals surface area contributed by atoms with Crippen LogP contribution < -0.4 is 5.32 Å². The molecule has 1 N–H and O–H groups in total. The van der Waals surface area contributed by atoms with Gasteiger partial charge in [-0.3, -0.25) is 0 Å². The molecule has 12 heavy (non-hydrogen) atoms. The molecule has 0 saturated carbocycles. The lowest BCUT2D eigenvalue weighted by Crippen LogP contribution is -2.23. The maximum atomic E-state index is 3.55. The molecule has 1 heterocycles. The van der Waals surface area contributed by atoms with E-state index in [1.165, 1.54) is 21.2 Å². The van der Waals surface area contributed by atoms with Gasteiger partial charge in [-0.05, 0) is 42.6 Å². The number of fused-ring (bicyclic) bond motifs is 1. The molecule has 0 amide bonds. The minimum absolute atomic E-state index is 1.03. The van der Waals surface area contributed by atoms with Crippen LogP contribution in [0.25, 0.3) is 0 Å². The summed E-state index contributed by atoms with van der Waals surface area (Å²) in [4.78, 5) is 0. The molecule has 0 radical (unpaired) electrons. The number of nitrogens with one attached hydrogen (secondary N) is 1. The average molecular weight is 226 g/mol. The van der Waals surface area contributed by atoms with E-state index in [9.17, 15) is 0 Å². The predicted octanol–water partition coefficient (Wildman–Crippen LogP) is 2.40. The Hall–Kier alpha value is -0.340. The lowest BCUT2D eigenvalue weighted by Gasteiger charge is -2.18. The number of hydrogen-bond acceptors (Lipinski definition) is 1. The van der Waals surface area contributed by atoms with Crippen molar-refractivity contribution in [2.75, 3.05) is 6.54 Å². The fraction of sp³-hybridized carbons (Fsp3) is 0.400. The van der Waals surface area contributed by atoms with Crippen LogP contribution >= 0.6 is 15.9 Å². The first kappa shape index (κ1) is 8.27. The molecule has 2 heteroatoms. The van der Waals surface area contributed by atoms with Crippen LogP contribution in [0.5, 0.6) is 0 Å². The maximum absolute atomic E-state index is 3.55. The average Bonchev–Trinajstić information content (AvgIpc) is 2.07. The third-order valence-corrected chi connectivity index (χ3v) is 3.22.